The molecule has 1 fully saturated rings. The molecule has 1 N–H and O–H groups in total. The highest BCUT2D eigenvalue weighted by molar-refractivity contribution is 5.99. The van der Waals surface area contributed by atoms with E-state index < -0.39 is 0 Å². The monoisotopic (exact) mass is 234 g/mol. The predicted molar refractivity (Wildman–Crippen MR) is 63.9 cm³/mol. The molecule has 0 bridgehead atoms. The van der Waals surface area contributed by atoms with Crippen molar-refractivity contribution in [2.24, 2.45) is 0 Å². The molecule has 1 saturated heterocycles. The topological polar surface area (TPSA) is 44.2 Å². The van der Waals surface area contributed by atoms with E-state index in [0.717, 1.165) is 25.8 Å². The lowest BCUT2D eigenvalue weighted by atomic mass is 10.1. The van der Waals surface area contributed by atoms with Crippen LogP contribution in [0.4, 0.5) is 4.39 Å². The highest BCUT2D eigenvalue weighted by Gasteiger charge is 2.18. The smallest absolute Gasteiger partial charge is 0.182 e. The lowest BCUT2D eigenvalue weighted by Gasteiger charge is -2.28. The third kappa shape index (κ3) is 2.90. The first-order valence-electron chi connectivity index (χ1n) is 5.78. The standard InChI is InChI=1S/C13H15FN2O/c14-11-6-4-10(5-7-11)12(17)9-16-8-2-1-3-13(16)15/h4-7,15H,1-3,8-9H2. The Bertz CT molecular complexity index is 428. The van der Waals surface area contributed by atoms with Crippen molar-refractivity contribution in [3.05, 3.63) is 35.6 Å². The van der Waals surface area contributed by atoms with Gasteiger partial charge in [0.2, 0.25) is 0 Å². The maximum absolute atomic E-state index is 12.7. The predicted octanol–water partition coefficient (Wildman–Crippen LogP) is 2.47. The number of nitrogens with zero attached hydrogens (tertiary/aromatic N) is 1. The van der Waals surface area contributed by atoms with Crippen molar-refractivity contribution in [3.8, 4) is 0 Å². The molecule has 1 aromatic carbocycles. The lowest BCUT2D eigenvalue weighted by molar-refractivity contribution is 0.0958. The van der Waals surface area contributed by atoms with Crippen molar-refractivity contribution in [2.75, 3.05) is 13.1 Å². The van der Waals surface area contributed by atoms with Crippen LogP contribution in [0.2, 0.25) is 0 Å². The van der Waals surface area contributed by atoms with Gasteiger partial charge in [-0.3, -0.25) is 10.2 Å². The molecule has 2 rings (SSSR count). The highest BCUT2D eigenvalue weighted by Crippen LogP contribution is 2.12. The Morgan fingerprint density at radius 3 is 2.65 bits per heavy atom. The SMILES string of the molecule is N=C1CCCCN1CC(=O)c1ccc(F)cc1. The number of halogens is 1. The van der Waals surface area contributed by atoms with Gasteiger partial charge in [0.25, 0.3) is 0 Å². The highest BCUT2D eigenvalue weighted by atomic mass is 19.1. The molecule has 0 aliphatic carbocycles. The van der Waals surface area contributed by atoms with Gasteiger partial charge in [-0.2, -0.15) is 0 Å². The molecule has 4 heteroatoms. The van der Waals surface area contributed by atoms with Crippen LogP contribution >= 0.6 is 0 Å². The lowest BCUT2D eigenvalue weighted by Crippen LogP contribution is -2.38. The third-order valence-electron chi connectivity index (χ3n) is 2.97. The zero-order chi connectivity index (χ0) is 12.3. The average Bonchev–Trinajstić information content (AvgIpc) is 2.33. The Balaban J connectivity index is 2.01. The first-order chi connectivity index (χ1) is 8.16. The van der Waals surface area contributed by atoms with Crippen molar-refractivity contribution in [2.45, 2.75) is 19.3 Å². The molecular formula is C13H15FN2O. The van der Waals surface area contributed by atoms with Crippen molar-refractivity contribution >= 4 is 11.6 Å². The van der Waals surface area contributed by atoms with Crippen LogP contribution in [0.15, 0.2) is 24.3 Å². The number of benzene rings is 1. The Morgan fingerprint density at radius 2 is 2.00 bits per heavy atom. The second-order valence-corrected chi connectivity index (χ2v) is 4.26. The minimum atomic E-state index is -0.340. The van der Waals surface area contributed by atoms with Crippen LogP contribution in [0.1, 0.15) is 29.6 Å². The minimum Gasteiger partial charge on any atom is -0.353 e. The number of piperidine rings is 1. The van der Waals surface area contributed by atoms with Crippen LogP contribution in [-0.2, 0) is 0 Å². The van der Waals surface area contributed by atoms with Gasteiger partial charge in [0, 0.05) is 18.5 Å². The van der Waals surface area contributed by atoms with E-state index in [9.17, 15) is 9.18 Å². The summed E-state index contributed by atoms with van der Waals surface area (Å²) in [5.74, 6) is 0.135. The normalized spacial score (nSPS) is 16.1. The first kappa shape index (κ1) is 11.8. The Labute approximate surface area is 99.8 Å². The molecule has 1 heterocycles. The van der Waals surface area contributed by atoms with E-state index in [4.69, 9.17) is 5.41 Å². The molecule has 0 saturated carbocycles. The van der Waals surface area contributed by atoms with Gasteiger partial charge in [-0.25, -0.2) is 4.39 Å². The second-order valence-electron chi connectivity index (χ2n) is 4.26. The largest absolute Gasteiger partial charge is 0.353 e. The fourth-order valence-corrected chi connectivity index (χ4v) is 1.96. The van der Waals surface area contributed by atoms with E-state index in [1.165, 1.54) is 24.3 Å². The van der Waals surface area contributed by atoms with E-state index in [1.54, 1.807) is 4.90 Å². The van der Waals surface area contributed by atoms with Crippen LogP contribution in [-0.4, -0.2) is 29.6 Å². The molecule has 17 heavy (non-hydrogen) atoms. The maximum Gasteiger partial charge on any atom is 0.182 e. The van der Waals surface area contributed by atoms with E-state index in [0.29, 0.717) is 11.4 Å². The Kier molecular flexibility index (Phi) is 3.52. The summed E-state index contributed by atoms with van der Waals surface area (Å²) in [6, 6.07) is 5.56. The molecule has 1 aliphatic rings. The molecule has 0 radical (unpaired) electrons. The third-order valence-corrected chi connectivity index (χ3v) is 2.97. The number of hydrogen-bond acceptors (Lipinski definition) is 2. The Morgan fingerprint density at radius 1 is 1.29 bits per heavy atom. The minimum absolute atomic E-state index is 0.0587. The van der Waals surface area contributed by atoms with E-state index >= 15 is 0 Å². The zero-order valence-corrected chi connectivity index (χ0v) is 9.58. The van der Waals surface area contributed by atoms with E-state index in [-0.39, 0.29) is 18.1 Å². The molecule has 0 aromatic heterocycles. The summed E-state index contributed by atoms with van der Waals surface area (Å²) >= 11 is 0. The Hall–Kier alpha value is -1.71. The second kappa shape index (κ2) is 5.08. The maximum atomic E-state index is 12.7. The van der Waals surface area contributed by atoms with Crippen LogP contribution in [0.25, 0.3) is 0 Å². The molecule has 3 nitrogen and oxygen atoms in total. The number of carbonyl (C=O) groups is 1. The summed E-state index contributed by atoms with van der Waals surface area (Å²) in [4.78, 5) is 13.7. The van der Waals surface area contributed by atoms with Crippen LogP contribution in [0, 0.1) is 11.2 Å². The summed E-state index contributed by atoms with van der Waals surface area (Å²) in [6.45, 7) is 0.996. The number of Topliss-reactive ketones (excluding diaryl/α,β-unsaturated/α-hetero) is 1. The number of likely N-dealkylation sites (tertiary alicyclic amines) is 1. The van der Waals surface area contributed by atoms with Crippen LogP contribution in [0.5, 0.6) is 0 Å². The number of carbonyl (C=O) groups excluding carboxylic acids is 1. The van der Waals surface area contributed by atoms with Crippen LogP contribution < -0.4 is 0 Å². The summed E-state index contributed by atoms with van der Waals surface area (Å²) in [6.07, 6.45) is 2.80. The van der Waals surface area contributed by atoms with Gasteiger partial charge < -0.3 is 4.90 Å². The van der Waals surface area contributed by atoms with Crippen molar-refractivity contribution in [3.63, 3.8) is 0 Å². The summed E-state index contributed by atoms with van der Waals surface area (Å²) in [5, 5.41) is 7.75. The van der Waals surface area contributed by atoms with Gasteiger partial charge in [0.1, 0.15) is 5.82 Å². The fourth-order valence-electron chi connectivity index (χ4n) is 1.96. The van der Waals surface area contributed by atoms with E-state index in [2.05, 4.69) is 0 Å². The average molecular weight is 234 g/mol. The van der Waals surface area contributed by atoms with Crippen molar-refractivity contribution in [1.29, 1.82) is 5.41 Å². The fraction of sp³-hybridized carbons (Fsp3) is 0.385. The van der Waals surface area contributed by atoms with Gasteiger partial charge in [-0.05, 0) is 37.1 Å². The number of ketones is 1. The van der Waals surface area contributed by atoms with Crippen LogP contribution in [0.3, 0.4) is 0 Å². The number of nitrogens with one attached hydrogen (secondary N) is 1. The zero-order valence-electron chi connectivity index (χ0n) is 9.58. The first-order valence-corrected chi connectivity index (χ1v) is 5.78. The summed E-state index contributed by atoms with van der Waals surface area (Å²) in [7, 11) is 0. The van der Waals surface area contributed by atoms with E-state index in [1.807, 2.05) is 0 Å². The molecule has 0 unspecified atom stereocenters. The van der Waals surface area contributed by atoms with Crippen molar-refractivity contribution in [1.82, 2.24) is 4.90 Å². The molecule has 0 amide bonds. The molecule has 0 spiro atoms. The van der Waals surface area contributed by atoms with Gasteiger partial charge in [0.15, 0.2) is 5.78 Å². The van der Waals surface area contributed by atoms with Gasteiger partial charge >= 0.3 is 0 Å². The van der Waals surface area contributed by atoms with Gasteiger partial charge in [-0.15, -0.1) is 0 Å². The molecule has 0 atom stereocenters. The van der Waals surface area contributed by atoms with Crippen molar-refractivity contribution < 1.29 is 9.18 Å². The van der Waals surface area contributed by atoms with Gasteiger partial charge in [-0.1, -0.05) is 0 Å². The molecule has 1 aliphatic heterocycles. The number of rotatable bonds is 3. The number of amidine groups is 1. The molecule has 1 aromatic rings. The summed E-state index contributed by atoms with van der Waals surface area (Å²) in [5.41, 5.74) is 0.504. The van der Waals surface area contributed by atoms with Gasteiger partial charge in [0.05, 0.1) is 12.4 Å². The quantitative estimate of drug-likeness (QED) is 0.816. The molecule has 90 valence electrons. The number of hydrogen-bond donors (Lipinski definition) is 1. The summed E-state index contributed by atoms with van der Waals surface area (Å²) < 4.78 is 12.7. The molecular weight excluding hydrogens is 219 g/mol.